The molecule has 9 nitrogen and oxygen atoms in total. The van der Waals surface area contributed by atoms with Crippen LogP contribution in [0.15, 0.2) is 71.8 Å². The van der Waals surface area contributed by atoms with Gasteiger partial charge in [-0.25, -0.2) is 10.2 Å². The number of methoxy groups -OCH3 is 2. The third-order valence-electron chi connectivity index (χ3n) is 5.27. The highest BCUT2D eigenvalue weighted by atomic mass is 16.6. The largest absolute Gasteiger partial charge is 0.497 e. The number of hydrazone groups is 1. The fourth-order valence-corrected chi connectivity index (χ4v) is 3.27. The van der Waals surface area contributed by atoms with Gasteiger partial charge < -0.3 is 19.5 Å². The Labute approximate surface area is 209 Å². The first-order valence-electron chi connectivity index (χ1n) is 11.1. The molecule has 0 unspecified atom stereocenters. The first kappa shape index (κ1) is 26.0. The highest BCUT2D eigenvalue weighted by molar-refractivity contribution is 6.39. The number of hydrogen-bond acceptors (Lipinski definition) is 7. The zero-order valence-corrected chi connectivity index (χ0v) is 20.5. The predicted octanol–water partition coefficient (Wildman–Crippen LogP) is 3.96. The van der Waals surface area contributed by atoms with Gasteiger partial charge in [0.15, 0.2) is 11.5 Å². The van der Waals surface area contributed by atoms with Crippen LogP contribution in [0.2, 0.25) is 0 Å². The number of amides is 2. The van der Waals surface area contributed by atoms with E-state index in [0.29, 0.717) is 40.4 Å². The van der Waals surface area contributed by atoms with Gasteiger partial charge in [-0.15, -0.1) is 0 Å². The van der Waals surface area contributed by atoms with Gasteiger partial charge in [-0.05, 0) is 61.4 Å². The summed E-state index contributed by atoms with van der Waals surface area (Å²) in [4.78, 5) is 37.0. The molecule has 0 aliphatic rings. The van der Waals surface area contributed by atoms with E-state index in [9.17, 15) is 14.4 Å². The quantitative estimate of drug-likeness (QED) is 0.163. The molecule has 36 heavy (non-hydrogen) atoms. The summed E-state index contributed by atoms with van der Waals surface area (Å²) in [5, 5.41) is 6.60. The van der Waals surface area contributed by atoms with Crippen molar-refractivity contribution in [2.75, 3.05) is 19.5 Å². The lowest BCUT2D eigenvalue weighted by atomic mass is 10.1. The molecule has 0 aromatic heterocycles. The van der Waals surface area contributed by atoms with Crippen molar-refractivity contribution in [3.8, 4) is 17.2 Å². The first-order chi connectivity index (χ1) is 17.4. The van der Waals surface area contributed by atoms with E-state index in [-0.39, 0.29) is 5.75 Å². The van der Waals surface area contributed by atoms with Crippen molar-refractivity contribution in [1.82, 2.24) is 5.43 Å². The Morgan fingerprint density at radius 2 is 1.61 bits per heavy atom. The summed E-state index contributed by atoms with van der Waals surface area (Å²) in [6.07, 6.45) is 0.710. The molecule has 0 fully saturated rings. The topological polar surface area (TPSA) is 115 Å². The molecule has 0 heterocycles. The van der Waals surface area contributed by atoms with Gasteiger partial charge in [0, 0.05) is 11.3 Å². The van der Waals surface area contributed by atoms with Crippen LogP contribution in [0.1, 0.15) is 35.3 Å². The maximum Gasteiger partial charge on any atom is 0.343 e. The van der Waals surface area contributed by atoms with Crippen molar-refractivity contribution in [3.63, 3.8) is 0 Å². The second kappa shape index (κ2) is 12.2. The fraction of sp³-hybridized carbons (Fsp3) is 0.185. The summed E-state index contributed by atoms with van der Waals surface area (Å²) in [6, 6.07) is 18.7. The van der Waals surface area contributed by atoms with Crippen LogP contribution in [0.5, 0.6) is 17.2 Å². The highest BCUT2D eigenvalue weighted by Gasteiger charge is 2.16. The van der Waals surface area contributed by atoms with Gasteiger partial charge in [-0.1, -0.05) is 31.2 Å². The molecule has 0 aliphatic carbocycles. The number of hydrogen-bond donors (Lipinski definition) is 2. The molecule has 0 atom stereocenters. The zero-order valence-electron chi connectivity index (χ0n) is 20.5. The van der Waals surface area contributed by atoms with Crippen LogP contribution in [0.3, 0.4) is 0 Å². The lowest BCUT2D eigenvalue weighted by Gasteiger charge is -2.12. The molecule has 0 saturated heterocycles. The Hall–Kier alpha value is -4.66. The molecule has 0 spiro atoms. The van der Waals surface area contributed by atoms with Crippen molar-refractivity contribution in [3.05, 3.63) is 83.4 Å². The van der Waals surface area contributed by atoms with E-state index < -0.39 is 17.8 Å². The van der Waals surface area contributed by atoms with Crippen LogP contribution in [-0.2, 0) is 16.0 Å². The SMILES string of the molecule is CCc1ccccc1NC(=O)C(=O)N/N=C(\C)c1ccc(OC(=O)c2cccc(OC)c2)c(OC)c1. The van der Waals surface area contributed by atoms with Gasteiger partial charge in [-0.3, -0.25) is 9.59 Å². The van der Waals surface area contributed by atoms with Gasteiger partial charge >= 0.3 is 17.8 Å². The zero-order chi connectivity index (χ0) is 26.1. The normalized spacial score (nSPS) is 10.8. The molecule has 186 valence electrons. The third kappa shape index (κ3) is 6.47. The van der Waals surface area contributed by atoms with Crippen molar-refractivity contribution in [2.24, 2.45) is 5.10 Å². The number of nitrogens with zero attached hydrogens (tertiary/aromatic N) is 1. The molecule has 0 radical (unpaired) electrons. The monoisotopic (exact) mass is 489 g/mol. The second-order valence-corrected chi connectivity index (χ2v) is 7.59. The third-order valence-corrected chi connectivity index (χ3v) is 5.27. The van der Waals surface area contributed by atoms with E-state index in [0.717, 1.165) is 5.56 Å². The van der Waals surface area contributed by atoms with E-state index in [1.807, 2.05) is 19.1 Å². The molecule has 3 aromatic carbocycles. The van der Waals surface area contributed by atoms with Crippen LogP contribution in [0, 0.1) is 0 Å². The van der Waals surface area contributed by atoms with Crippen LogP contribution in [0.25, 0.3) is 0 Å². The highest BCUT2D eigenvalue weighted by Crippen LogP contribution is 2.29. The number of para-hydroxylation sites is 1. The average Bonchev–Trinajstić information content (AvgIpc) is 2.91. The van der Waals surface area contributed by atoms with E-state index in [1.165, 1.54) is 14.2 Å². The summed E-state index contributed by atoms with van der Waals surface area (Å²) in [5.74, 6) is -1.28. The molecule has 0 saturated carbocycles. The Kier molecular flexibility index (Phi) is 8.77. The summed E-state index contributed by atoms with van der Waals surface area (Å²) in [7, 11) is 2.95. The van der Waals surface area contributed by atoms with E-state index >= 15 is 0 Å². The van der Waals surface area contributed by atoms with Crippen LogP contribution < -0.4 is 25.0 Å². The minimum Gasteiger partial charge on any atom is -0.497 e. The number of carbonyl (C=O) groups is 3. The maximum absolute atomic E-state index is 12.5. The number of ether oxygens (including phenoxy) is 3. The molecular formula is C27H27N3O6. The lowest BCUT2D eigenvalue weighted by molar-refractivity contribution is -0.136. The van der Waals surface area contributed by atoms with E-state index in [1.54, 1.807) is 61.5 Å². The minimum absolute atomic E-state index is 0.208. The fourth-order valence-electron chi connectivity index (χ4n) is 3.27. The number of aryl methyl sites for hydroxylation is 1. The number of anilines is 1. The lowest BCUT2D eigenvalue weighted by Crippen LogP contribution is -2.33. The number of esters is 1. The van der Waals surface area contributed by atoms with E-state index in [4.69, 9.17) is 14.2 Å². The van der Waals surface area contributed by atoms with Crippen LogP contribution >= 0.6 is 0 Å². The van der Waals surface area contributed by atoms with Crippen molar-refractivity contribution < 1.29 is 28.6 Å². The Morgan fingerprint density at radius 1 is 0.833 bits per heavy atom. The minimum atomic E-state index is -0.906. The molecule has 3 aromatic rings. The predicted molar refractivity (Wildman–Crippen MR) is 136 cm³/mol. The summed E-state index contributed by atoms with van der Waals surface area (Å²) >= 11 is 0. The van der Waals surface area contributed by atoms with Crippen LogP contribution in [0.4, 0.5) is 5.69 Å². The van der Waals surface area contributed by atoms with E-state index in [2.05, 4.69) is 15.8 Å². The average molecular weight is 490 g/mol. The summed E-state index contributed by atoms with van der Waals surface area (Å²) in [6.45, 7) is 3.61. The van der Waals surface area contributed by atoms with Crippen molar-refractivity contribution in [1.29, 1.82) is 0 Å². The number of nitrogens with one attached hydrogen (secondary N) is 2. The Morgan fingerprint density at radius 3 is 2.33 bits per heavy atom. The molecule has 2 amide bonds. The first-order valence-corrected chi connectivity index (χ1v) is 11.1. The number of benzene rings is 3. The maximum atomic E-state index is 12.5. The van der Waals surface area contributed by atoms with Gasteiger partial charge in [-0.2, -0.15) is 5.10 Å². The number of rotatable bonds is 8. The standard InChI is InChI=1S/C27H27N3O6/c1-5-18-9-6-7-12-22(18)28-25(31)26(32)30-29-17(2)19-13-14-23(24(16-19)35-4)36-27(33)20-10-8-11-21(15-20)34-3/h6-16H,5H2,1-4H3,(H,28,31)(H,30,32)/b29-17+. The molecular weight excluding hydrogens is 462 g/mol. The Balaban J connectivity index is 1.68. The molecule has 9 heteroatoms. The van der Waals surface area contributed by atoms with Gasteiger partial charge in [0.1, 0.15) is 5.75 Å². The molecule has 0 bridgehead atoms. The van der Waals surface area contributed by atoms with Gasteiger partial charge in [0.2, 0.25) is 0 Å². The molecule has 2 N–H and O–H groups in total. The Bertz CT molecular complexity index is 1300. The smallest absolute Gasteiger partial charge is 0.343 e. The number of carbonyl (C=O) groups excluding carboxylic acids is 3. The second-order valence-electron chi connectivity index (χ2n) is 7.59. The molecule has 3 rings (SSSR count). The van der Waals surface area contributed by atoms with Crippen molar-refractivity contribution in [2.45, 2.75) is 20.3 Å². The van der Waals surface area contributed by atoms with Crippen molar-refractivity contribution >= 4 is 29.2 Å². The summed E-state index contributed by atoms with van der Waals surface area (Å²) < 4.78 is 16.0. The van der Waals surface area contributed by atoms with Crippen LogP contribution in [-0.4, -0.2) is 37.7 Å². The summed E-state index contributed by atoms with van der Waals surface area (Å²) in [5.41, 5.74) is 5.06. The van der Waals surface area contributed by atoms with Gasteiger partial charge in [0.05, 0.1) is 25.5 Å². The van der Waals surface area contributed by atoms with Gasteiger partial charge in [0.25, 0.3) is 0 Å². The molecule has 0 aliphatic heterocycles.